The monoisotopic (exact) mass is 281 g/mol. The number of hydrogen-bond donors (Lipinski definition) is 1. The zero-order chi connectivity index (χ0) is 15.1. The normalized spacial score (nSPS) is 11.7. The Morgan fingerprint density at radius 1 is 1.24 bits per heavy atom. The van der Waals surface area contributed by atoms with E-state index in [0.29, 0.717) is 12.3 Å². The van der Waals surface area contributed by atoms with Gasteiger partial charge >= 0.3 is 0 Å². The van der Waals surface area contributed by atoms with Gasteiger partial charge in [0.25, 0.3) is 0 Å². The number of aryl methyl sites for hydroxylation is 1. The Morgan fingerprint density at radius 3 is 2.67 bits per heavy atom. The topological polar surface area (TPSA) is 71.9 Å². The van der Waals surface area contributed by atoms with Crippen molar-refractivity contribution >= 4 is 0 Å². The summed E-state index contributed by atoms with van der Waals surface area (Å²) in [7, 11) is 0. The zero-order valence-corrected chi connectivity index (χ0v) is 12.1. The summed E-state index contributed by atoms with van der Waals surface area (Å²) in [4.78, 5) is 3.93. The van der Waals surface area contributed by atoms with Crippen molar-refractivity contribution in [1.29, 1.82) is 5.26 Å². The smallest absolute Gasteiger partial charge is 0.140 e. The molecule has 2 rings (SSSR count). The molecule has 0 aliphatic rings. The number of nitriles is 1. The van der Waals surface area contributed by atoms with Gasteiger partial charge in [-0.1, -0.05) is 12.1 Å². The van der Waals surface area contributed by atoms with Gasteiger partial charge in [-0.05, 0) is 55.2 Å². The number of pyridine rings is 1. The lowest BCUT2D eigenvalue weighted by molar-refractivity contribution is 0.306. The van der Waals surface area contributed by atoms with Crippen LogP contribution in [0.1, 0.15) is 30.2 Å². The van der Waals surface area contributed by atoms with E-state index < -0.39 is 0 Å². The Hall–Kier alpha value is -2.38. The summed E-state index contributed by atoms with van der Waals surface area (Å²) in [5.74, 6) is 0.815. The average Bonchev–Trinajstić information content (AvgIpc) is 2.52. The van der Waals surface area contributed by atoms with Crippen LogP contribution >= 0.6 is 0 Å². The molecule has 1 aromatic heterocycles. The highest BCUT2D eigenvalue weighted by atomic mass is 16.5. The lowest BCUT2D eigenvalue weighted by Gasteiger charge is -2.08. The molecule has 1 aromatic carbocycles. The molecule has 0 aliphatic carbocycles. The first-order chi connectivity index (χ1) is 10.2. The summed E-state index contributed by atoms with van der Waals surface area (Å²) in [5, 5.41) is 8.81. The summed E-state index contributed by atoms with van der Waals surface area (Å²) in [5.41, 5.74) is 8.35. The summed E-state index contributed by atoms with van der Waals surface area (Å²) in [6.07, 6.45) is 3.58. The fraction of sp³-hybridized carbons (Fsp3) is 0.294. The first kappa shape index (κ1) is 15.0. The fourth-order valence-electron chi connectivity index (χ4n) is 1.94. The Balaban J connectivity index is 1.90. The molecule has 2 N–H and O–H groups in total. The molecule has 108 valence electrons. The van der Waals surface area contributed by atoms with Crippen LogP contribution in [0, 0.1) is 11.3 Å². The Kier molecular flexibility index (Phi) is 5.30. The van der Waals surface area contributed by atoms with E-state index in [4.69, 9.17) is 15.7 Å². The van der Waals surface area contributed by atoms with Crippen LogP contribution < -0.4 is 10.5 Å². The zero-order valence-electron chi connectivity index (χ0n) is 12.1. The summed E-state index contributed by atoms with van der Waals surface area (Å²) < 4.78 is 5.71. The van der Waals surface area contributed by atoms with Crippen molar-refractivity contribution in [3.63, 3.8) is 0 Å². The van der Waals surface area contributed by atoms with Crippen LogP contribution in [0.5, 0.6) is 5.75 Å². The maximum absolute atomic E-state index is 8.81. The number of hydrogen-bond acceptors (Lipinski definition) is 4. The van der Waals surface area contributed by atoms with Crippen LogP contribution in [0.2, 0.25) is 0 Å². The van der Waals surface area contributed by atoms with E-state index in [0.717, 1.165) is 24.2 Å². The molecule has 0 amide bonds. The van der Waals surface area contributed by atoms with Gasteiger partial charge < -0.3 is 10.5 Å². The highest BCUT2D eigenvalue weighted by Gasteiger charge is 2.00. The molecule has 1 unspecified atom stereocenters. The van der Waals surface area contributed by atoms with E-state index >= 15 is 0 Å². The maximum atomic E-state index is 8.81. The summed E-state index contributed by atoms with van der Waals surface area (Å²) >= 11 is 0. The van der Waals surface area contributed by atoms with Crippen LogP contribution in [0.4, 0.5) is 0 Å². The van der Waals surface area contributed by atoms with E-state index in [1.807, 2.05) is 31.2 Å². The number of aromatic nitrogens is 1. The molecule has 0 saturated heterocycles. The Morgan fingerprint density at radius 2 is 2.00 bits per heavy atom. The molecular formula is C17H19N3O. The van der Waals surface area contributed by atoms with Gasteiger partial charge in [0.15, 0.2) is 0 Å². The van der Waals surface area contributed by atoms with Crippen molar-refractivity contribution in [3.8, 4) is 11.8 Å². The molecule has 0 fully saturated rings. The quantitative estimate of drug-likeness (QED) is 0.883. The SMILES string of the molecule is CC(N)CCc1ccc(OCc2ccnc(C#N)c2)cc1. The number of nitrogens with two attached hydrogens (primary N) is 1. The highest BCUT2D eigenvalue weighted by molar-refractivity contribution is 5.29. The van der Waals surface area contributed by atoms with E-state index in [-0.39, 0.29) is 6.04 Å². The van der Waals surface area contributed by atoms with E-state index in [1.165, 1.54) is 5.56 Å². The van der Waals surface area contributed by atoms with Crippen molar-refractivity contribution in [2.75, 3.05) is 0 Å². The van der Waals surface area contributed by atoms with Crippen LogP contribution in [0.25, 0.3) is 0 Å². The molecule has 0 radical (unpaired) electrons. The minimum Gasteiger partial charge on any atom is -0.489 e. The van der Waals surface area contributed by atoms with Crippen LogP contribution in [-0.4, -0.2) is 11.0 Å². The average molecular weight is 281 g/mol. The molecule has 0 aliphatic heterocycles. The maximum Gasteiger partial charge on any atom is 0.140 e. The third kappa shape index (κ3) is 4.90. The lowest BCUT2D eigenvalue weighted by atomic mass is 10.1. The van der Waals surface area contributed by atoms with Crippen LogP contribution in [0.3, 0.4) is 0 Å². The molecule has 4 heteroatoms. The molecule has 0 spiro atoms. The highest BCUT2D eigenvalue weighted by Crippen LogP contribution is 2.15. The molecule has 1 heterocycles. The number of benzene rings is 1. The van der Waals surface area contributed by atoms with Crippen LogP contribution in [-0.2, 0) is 13.0 Å². The fourth-order valence-corrected chi connectivity index (χ4v) is 1.94. The van der Waals surface area contributed by atoms with Crippen molar-refractivity contribution in [2.24, 2.45) is 5.73 Å². The van der Waals surface area contributed by atoms with Gasteiger partial charge in [-0.15, -0.1) is 0 Å². The van der Waals surface area contributed by atoms with Gasteiger partial charge in [0, 0.05) is 12.2 Å². The van der Waals surface area contributed by atoms with Gasteiger partial charge in [-0.3, -0.25) is 0 Å². The minimum atomic E-state index is 0.224. The molecular weight excluding hydrogens is 262 g/mol. The van der Waals surface area contributed by atoms with E-state index in [1.54, 1.807) is 12.3 Å². The van der Waals surface area contributed by atoms with Crippen LogP contribution in [0.15, 0.2) is 42.6 Å². The first-order valence-electron chi connectivity index (χ1n) is 6.99. The van der Waals surface area contributed by atoms with E-state index in [9.17, 15) is 0 Å². The number of nitrogens with zero attached hydrogens (tertiary/aromatic N) is 2. The van der Waals surface area contributed by atoms with Crippen molar-refractivity contribution in [1.82, 2.24) is 4.98 Å². The third-order valence-electron chi connectivity index (χ3n) is 3.16. The lowest BCUT2D eigenvalue weighted by Crippen LogP contribution is -2.15. The van der Waals surface area contributed by atoms with Gasteiger partial charge in [0.1, 0.15) is 24.1 Å². The summed E-state index contributed by atoms with van der Waals surface area (Å²) in [6.45, 7) is 2.44. The Bertz CT molecular complexity index is 615. The molecule has 0 bridgehead atoms. The second kappa shape index (κ2) is 7.41. The van der Waals surface area contributed by atoms with Gasteiger partial charge in [-0.25, -0.2) is 4.98 Å². The minimum absolute atomic E-state index is 0.224. The Labute approximate surface area is 125 Å². The predicted molar refractivity (Wildman–Crippen MR) is 81.7 cm³/mol. The van der Waals surface area contributed by atoms with Gasteiger partial charge in [-0.2, -0.15) is 5.26 Å². The second-order valence-corrected chi connectivity index (χ2v) is 5.11. The molecule has 1 atom stereocenters. The molecule has 4 nitrogen and oxygen atoms in total. The number of ether oxygens (including phenoxy) is 1. The van der Waals surface area contributed by atoms with Gasteiger partial charge in [0.2, 0.25) is 0 Å². The largest absolute Gasteiger partial charge is 0.489 e. The van der Waals surface area contributed by atoms with Crippen molar-refractivity contribution < 1.29 is 4.74 Å². The van der Waals surface area contributed by atoms with Gasteiger partial charge in [0.05, 0.1) is 0 Å². The van der Waals surface area contributed by atoms with Crippen molar-refractivity contribution in [3.05, 3.63) is 59.4 Å². The standard InChI is InChI=1S/C17H19N3O/c1-13(19)2-3-14-4-6-17(7-5-14)21-12-15-8-9-20-16(10-15)11-18/h4-10,13H,2-3,12,19H2,1H3. The summed E-state index contributed by atoms with van der Waals surface area (Å²) in [6, 6.07) is 13.9. The molecule has 0 saturated carbocycles. The number of rotatable bonds is 6. The molecule has 2 aromatic rings. The predicted octanol–water partition coefficient (Wildman–Crippen LogP) is 2.81. The van der Waals surface area contributed by atoms with E-state index in [2.05, 4.69) is 17.1 Å². The third-order valence-corrected chi connectivity index (χ3v) is 3.16. The molecule has 21 heavy (non-hydrogen) atoms. The second-order valence-electron chi connectivity index (χ2n) is 5.11. The first-order valence-corrected chi connectivity index (χ1v) is 6.99. The van der Waals surface area contributed by atoms with Crippen molar-refractivity contribution in [2.45, 2.75) is 32.4 Å².